The summed E-state index contributed by atoms with van der Waals surface area (Å²) in [6, 6.07) is 16.6. The van der Waals surface area contributed by atoms with Gasteiger partial charge in [-0.25, -0.2) is 0 Å². The van der Waals surface area contributed by atoms with E-state index in [1.54, 1.807) is 6.20 Å². The molecule has 1 aromatic heterocycles. The molecular formula is C24H21N3O. The Hall–Kier alpha value is -3.27. The van der Waals surface area contributed by atoms with Crippen LogP contribution in [0.5, 0.6) is 0 Å². The molecule has 1 aliphatic heterocycles. The van der Waals surface area contributed by atoms with Gasteiger partial charge in [-0.15, -0.1) is 0 Å². The van der Waals surface area contributed by atoms with Crippen LogP contribution in [0.4, 0.5) is 0 Å². The highest BCUT2D eigenvalue weighted by Crippen LogP contribution is 2.35. The van der Waals surface area contributed by atoms with E-state index in [1.807, 2.05) is 36.0 Å². The second-order valence-electron chi connectivity index (χ2n) is 7.55. The number of benzene rings is 2. The van der Waals surface area contributed by atoms with E-state index in [0.29, 0.717) is 13.0 Å². The minimum Gasteiger partial charge on any atom is -0.294 e. The molecule has 138 valence electrons. The number of fused-ring (bicyclic) bond motifs is 2. The highest BCUT2D eigenvalue weighted by atomic mass is 16.1. The number of Topliss-reactive ketones (excluding diaryl/α,β-unsaturated/α-hetero) is 1. The molecule has 0 amide bonds. The average molecular weight is 367 g/mol. The van der Waals surface area contributed by atoms with Crippen molar-refractivity contribution in [2.45, 2.75) is 25.8 Å². The van der Waals surface area contributed by atoms with E-state index in [2.05, 4.69) is 42.4 Å². The average Bonchev–Trinajstić information content (AvgIpc) is 3.31. The third-order valence-corrected chi connectivity index (χ3v) is 5.84. The number of hydrogen-bond donors (Lipinski definition) is 0. The van der Waals surface area contributed by atoms with E-state index < -0.39 is 0 Å². The summed E-state index contributed by atoms with van der Waals surface area (Å²) < 4.78 is 1.86. The summed E-state index contributed by atoms with van der Waals surface area (Å²) >= 11 is 0. The van der Waals surface area contributed by atoms with Crippen molar-refractivity contribution in [1.82, 2.24) is 9.78 Å². The summed E-state index contributed by atoms with van der Waals surface area (Å²) in [7, 11) is 1.94. The molecule has 0 saturated heterocycles. The summed E-state index contributed by atoms with van der Waals surface area (Å²) in [4.78, 5) is 17.6. The molecule has 5 rings (SSSR count). The Morgan fingerprint density at radius 1 is 1.07 bits per heavy atom. The first-order valence-corrected chi connectivity index (χ1v) is 9.60. The molecule has 0 saturated carbocycles. The number of rotatable bonds is 3. The van der Waals surface area contributed by atoms with Gasteiger partial charge in [-0.05, 0) is 40.5 Å². The maximum Gasteiger partial charge on any atom is 0.163 e. The molecule has 1 atom stereocenters. The summed E-state index contributed by atoms with van der Waals surface area (Å²) in [6.45, 7) is 2.77. The number of aromatic nitrogens is 2. The normalized spacial score (nSPS) is 16.3. The Labute approximate surface area is 164 Å². The zero-order chi connectivity index (χ0) is 19.3. The van der Waals surface area contributed by atoms with Crippen LogP contribution in [0.2, 0.25) is 0 Å². The van der Waals surface area contributed by atoms with Crippen molar-refractivity contribution >= 4 is 17.6 Å². The number of nitrogens with zero attached hydrogens (tertiary/aromatic N) is 3. The fourth-order valence-electron chi connectivity index (χ4n) is 4.24. The van der Waals surface area contributed by atoms with E-state index in [0.717, 1.165) is 33.7 Å². The van der Waals surface area contributed by atoms with Gasteiger partial charge in [-0.3, -0.25) is 14.5 Å². The summed E-state index contributed by atoms with van der Waals surface area (Å²) in [5.74, 6) is 0.301. The lowest BCUT2D eigenvalue weighted by atomic mass is 9.81. The third-order valence-electron chi connectivity index (χ3n) is 5.84. The van der Waals surface area contributed by atoms with E-state index in [1.165, 1.54) is 11.1 Å². The van der Waals surface area contributed by atoms with Gasteiger partial charge < -0.3 is 0 Å². The fraction of sp³-hybridized carbons (Fsp3) is 0.208. The van der Waals surface area contributed by atoms with Crippen LogP contribution in [0.1, 0.15) is 46.4 Å². The second-order valence-corrected chi connectivity index (χ2v) is 7.55. The number of aryl methyl sites for hydroxylation is 1. The van der Waals surface area contributed by atoms with Crippen molar-refractivity contribution in [3.05, 3.63) is 93.8 Å². The predicted octanol–water partition coefficient (Wildman–Crippen LogP) is 4.08. The first kappa shape index (κ1) is 16.9. The Morgan fingerprint density at radius 3 is 2.64 bits per heavy atom. The topological polar surface area (TPSA) is 47.2 Å². The molecular weight excluding hydrogens is 346 g/mol. The molecule has 0 radical (unpaired) electrons. The van der Waals surface area contributed by atoms with Crippen LogP contribution >= 0.6 is 0 Å². The smallest absolute Gasteiger partial charge is 0.163 e. The quantitative estimate of drug-likeness (QED) is 0.700. The van der Waals surface area contributed by atoms with Crippen LogP contribution in [0.3, 0.4) is 0 Å². The van der Waals surface area contributed by atoms with Gasteiger partial charge in [0.05, 0.1) is 18.0 Å². The number of carbonyl (C=O) groups excluding carboxylic acids is 1. The lowest BCUT2D eigenvalue weighted by Crippen LogP contribution is -2.17. The molecule has 4 nitrogen and oxygen atoms in total. The molecule has 0 fully saturated rings. The number of carbonyl (C=O) groups is 1. The Balaban J connectivity index is 1.57. The Kier molecular flexibility index (Phi) is 3.86. The molecule has 2 heterocycles. The van der Waals surface area contributed by atoms with Crippen molar-refractivity contribution in [3.8, 4) is 0 Å². The minimum atomic E-state index is 0.0836. The molecule has 1 unspecified atom stereocenters. The van der Waals surface area contributed by atoms with Crippen molar-refractivity contribution < 1.29 is 4.79 Å². The lowest BCUT2D eigenvalue weighted by Gasteiger charge is -2.22. The fourth-order valence-corrected chi connectivity index (χ4v) is 4.24. The van der Waals surface area contributed by atoms with E-state index >= 15 is 0 Å². The molecule has 28 heavy (non-hydrogen) atoms. The van der Waals surface area contributed by atoms with Gasteiger partial charge in [0.1, 0.15) is 0 Å². The standard InChI is InChI=1S/C24H21N3O/c1-15(16-6-4-3-5-7-16)20-11-18-12-21-19(10-17(18)13-23(20)28)14-25-24(21)22-8-9-26-27(22)2/h3-12,15H,13-14H2,1-2H3. The van der Waals surface area contributed by atoms with Gasteiger partial charge in [0.2, 0.25) is 0 Å². The summed E-state index contributed by atoms with van der Waals surface area (Å²) in [5, 5.41) is 4.28. The van der Waals surface area contributed by atoms with Crippen LogP contribution in [-0.4, -0.2) is 21.3 Å². The SMILES string of the molecule is CC(C1=Cc2cc3c(cc2CC1=O)CN=C3c1ccnn1C)c1ccccc1. The zero-order valence-corrected chi connectivity index (χ0v) is 16.0. The molecule has 2 aliphatic rings. The van der Waals surface area contributed by atoms with Crippen LogP contribution in [-0.2, 0) is 24.8 Å². The minimum absolute atomic E-state index is 0.0836. The molecule has 0 bridgehead atoms. The van der Waals surface area contributed by atoms with Crippen molar-refractivity contribution in [2.24, 2.45) is 12.0 Å². The van der Waals surface area contributed by atoms with Crippen molar-refractivity contribution in [1.29, 1.82) is 0 Å². The monoisotopic (exact) mass is 367 g/mol. The lowest BCUT2D eigenvalue weighted by molar-refractivity contribution is -0.115. The molecule has 4 heteroatoms. The number of hydrogen-bond acceptors (Lipinski definition) is 3. The van der Waals surface area contributed by atoms with E-state index in [4.69, 9.17) is 4.99 Å². The van der Waals surface area contributed by atoms with Crippen LogP contribution < -0.4 is 0 Å². The molecule has 1 aliphatic carbocycles. The predicted molar refractivity (Wildman–Crippen MR) is 111 cm³/mol. The van der Waals surface area contributed by atoms with Crippen molar-refractivity contribution in [3.63, 3.8) is 0 Å². The first-order valence-electron chi connectivity index (χ1n) is 9.60. The van der Waals surface area contributed by atoms with Crippen LogP contribution in [0.25, 0.3) is 6.08 Å². The Bertz CT molecular complexity index is 1150. The molecule has 2 aromatic carbocycles. The number of allylic oxidation sites excluding steroid dienone is 1. The Morgan fingerprint density at radius 2 is 1.89 bits per heavy atom. The van der Waals surface area contributed by atoms with Crippen LogP contribution in [0, 0.1) is 0 Å². The van der Waals surface area contributed by atoms with Gasteiger partial charge in [-0.1, -0.05) is 43.3 Å². The molecule has 0 N–H and O–H groups in total. The molecule has 0 spiro atoms. The largest absolute Gasteiger partial charge is 0.294 e. The molecule has 3 aromatic rings. The summed E-state index contributed by atoms with van der Waals surface area (Å²) in [5.41, 5.74) is 8.64. The number of ketones is 1. The van der Waals surface area contributed by atoms with Crippen molar-refractivity contribution in [2.75, 3.05) is 0 Å². The van der Waals surface area contributed by atoms with E-state index in [-0.39, 0.29) is 11.7 Å². The number of aliphatic imine (C=N–C) groups is 1. The maximum atomic E-state index is 12.9. The van der Waals surface area contributed by atoms with Gasteiger partial charge in [0.25, 0.3) is 0 Å². The first-order chi connectivity index (χ1) is 13.6. The maximum absolute atomic E-state index is 12.9. The van der Waals surface area contributed by atoms with Gasteiger partial charge in [-0.2, -0.15) is 5.10 Å². The van der Waals surface area contributed by atoms with Gasteiger partial charge >= 0.3 is 0 Å². The highest BCUT2D eigenvalue weighted by Gasteiger charge is 2.27. The van der Waals surface area contributed by atoms with E-state index in [9.17, 15) is 4.79 Å². The van der Waals surface area contributed by atoms with Gasteiger partial charge in [0, 0.05) is 36.7 Å². The highest BCUT2D eigenvalue weighted by molar-refractivity contribution is 6.15. The van der Waals surface area contributed by atoms with Gasteiger partial charge in [0.15, 0.2) is 5.78 Å². The van der Waals surface area contributed by atoms with Crippen LogP contribution in [0.15, 0.2) is 65.3 Å². The summed E-state index contributed by atoms with van der Waals surface area (Å²) in [6.07, 6.45) is 4.34. The third kappa shape index (κ3) is 2.64. The second kappa shape index (κ2) is 6.41. The zero-order valence-electron chi connectivity index (χ0n) is 16.0.